The number of benzene rings is 2. The van der Waals surface area contributed by atoms with Crippen LogP contribution in [0.4, 0.5) is 0 Å². The van der Waals surface area contributed by atoms with Crippen LogP contribution in [0.5, 0.6) is 11.5 Å². The third-order valence-electron chi connectivity index (χ3n) is 4.44. The molecule has 0 aliphatic carbocycles. The van der Waals surface area contributed by atoms with Crippen LogP contribution in [0.2, 0.25) is 0 Å². The quantitative estimate of drug-likeness (QED) is 0.452. The number of hydrogen-bond acceptors (Lipinski definition) is 6. The first-order valence-electron chi connectivity index (χ1n) is 9.18. The number of ether oxygens (including phenoxy) is 2. The molecule has 1 N–H and O–H groups in total. The number of para-hydroxylation sites is 2. The van der Waals surface area contributed by atoms with Gasteiger partial charge in [0.2, 0.25) is 5.91 Å². The van der Waals surface area contributed by atoms with Gasteiger partial charge >= 0.3 is 0 Å². The lowest BCUT2D eigenvalue weighted by molar-refractivity contribution is -0.118. The molecule has 0 spiro atoms. The molecule has 0 aliphatic heterocycles. The summed E-state index contributed by atoms with van der Waals surface area (Å²) in [7, 11) is 3.13. The van der Waals surface area contributed by atoms with E-state index in [1.165, 1.54) is 11.8 Å². The number of amides is 1. The van der Waals surface area contributed by atoms with Crippen molar-refractivity contribution in [2.75, 3.05) is 20.0 Å². The minimum absolute atomic E-state index is 0.0953. The summed E-state index contributed by atoms with van der Waals surface area (Å²) in [5.74, 6) is 1.20. The van der Waals surface area contributed by atoms with Gasteiger partial charge in [-0.05, 0) is 25.1 Å². The van der Waals surface area contributed by atoms with E-state index in [0.29, 0.717) is 40.6 Å². The van der Waals surface area contributed by atoms with E-state index in [0.717, 1.165) is 5.56 Å². The Labute approximate surface area is 173 Å². The highest BCUT2D eigenvalue weighted by Gasteiger charge is 2.13. The van der Waals surface area contributed by atoms with Gasteiger partial charge in [-0.15, -0.1) is 0 Å². The van der Waals surface area contributed by atoms with Gasteiger partial charge in [-0.25, -0.2) is 4.98 Å². The fourth-order valence-corrected chi connectivity index (χ4v) is 3.90. The lowest BCUT2D eigenvalue weighted by Crippen LogP contribution is -2.26. The molecule has 0 saturated heterocycles. The maximum Gasteiger partial charge on any atom is 0.262 e. The summed E-state index contributed by atoms with van der Waals surface area (Å²) in [6.45, 7) is 2.68. The Hall–Kier alpha value is -3.00. The summed E-state index contributed by atoms with van der Waals surface area (Å²) in [6, 6.07) is 12.7. The molecule has 1 aromatic heterocycles. The van der Waals surface area contributed by atoms with E-state index in [1.54, 1.807) is 37.0 Å². The van der Waals surface area contributed by atoms with Gasteiger partial charge in [-0.3, -0.25) is 14.2 Å². The van der Waals surface area contributed by atoms with Crippen LogP contribution < -0.4 is 20.3 Å². The summed E-state index contributed by atoms with van der Waals surface area (Å²) in [5.41, 5.74) is 1.35. The molecule has 0 radical (unpaired) electrons. The molecular weight excluding hydrogens is 390 g/mol. The third kappa shape index (κ3) is 4.54. The number of hydrogen-bond donors (Lipinski definition) is 1. The largest absolute Gasteiger partial charge is 0.493 e. The smallest absolute Gasteiger partial charge is 0.262 e. The van der Waals surface area contributed by atoms with E-state index in [4.69, 9.17) is 9.47 Å². The molecule has 2 aromatic carbocycles. The molecule has 1 amide bonds. The number of methoxy groups -OCH3 is 2. The fraction of sp³-hybridized carbons (Fsp3) is 0.286. The van der Waals surface area contributed by atoms with E-state index >= 15 is 0 Å². The van der Waals surface area contributed by atoms with Gasteiger partial charge in [-0.1, -0.05) is 36.0 Å². The molecular formula is C21H23N3O4S. The molecule has 0 aliphatic rings. The Kier molecular flexibility index (Phi) is 6.77. The number of thioether (sulfide) groups is 1. The fourth-order valence-electron chi connectivity index (χ4n) is 3.00. The van der Waals surface area contributed by atoms with Crippen LogP contribution in [0, 0.1) is 0 Å². The van der Waals surface area contributed by atoms with E-state index in [1.807, 2.05) is 31.2 Å². The number of carbonyl (C=O) groups excluding carboxylic acids is 1. The minimum atomic E-state index is -0.162. The third-order valence-corrected chi connectivity index (χ3v) is 5.41. The van der Waals surface area contributed by atoms with Gasteiger partial charge in [0.05, 0.1) is 30.9 Å². The molecule has 0 atom stereocenters. The normalized spacial score (nSPS) is 10.7. The molecule has 7 nitrogen and oxygen atoms in total. The summed E-state index contributed by atoms with van der Waals surface area (Å²) < 4.78 is 12.3. The van der Waals surface area contributed by atoms with E-state index < -0.39 is 0 Å². The van der Waals surface area contributed by atoms with Crippen LogP contribution in [0.15, 0.2) is 52.4 Å². The number of fused-ring (bicyclic) bond motifs is 1. The van der Waals surface area contributed by atoms with Crippen molar-refractivity contribution in [2.45, 2.75) is 25.2 Å². The zero-order chi connectivity index (χ0) is 20.8. The minimum Gasteiger partial charge on any atom is -0.493 e. The summed E-state index contributed by atoms with van der Waals surface area (Å²) in [6.07, 6.45) is 0. The van der Waals surface area contributed by atoms with E-state index in [9.17, 15) is 9.59 Å². The SMILES string of the molecule is CCn1c(SCC(=O)NCc2cccc(OC)c2OC)nc2ccccc2c1=O. The zero-order valence-electron chi connectivity index (χ0n) is 16.6. The second-order valence-corrected chi connectivity index (χ2v) is 7.12. The van der Waals surface area contributed by atoms with Gasteiger partial charge in [0.1, 0.15) is 0 Å². The second kappa shape index (κ2) is 9.47. The summed E-state index contributed by atoms with van der Waals surface area (Å²) >= 11 is 1.25. The lowest BCUT2D eigenvalue weighted by atomic mass is 10.2. The maximum atomic E-state index is 12.6. The predicted octanol–water partition coefficient (Wildman–Crippen LogP) is 2.84. The van der Waals surface area contributed by atoms with Crippen molar-refractivity contribution in [3.8, 4) is 11.5 Å². The van der Waals surface area contributed by atoms with Crippen molar-refractivity contribution in [3.05, 3.63) is 58.4 Å². The van der Waals surface area contributed by atoms with E-state index in [-0.39, 0.29) is 17.2 Å². The van der Waals surface area contributed by atoms with Crippen LogP contribution in [0.3, 0.4) is 0 Å². The molecule has 1 heterocycles. The first-order valence-corrected chi connectivity index (χ1v) is 10.2. The molecule has 3 aromatic rings. The summed E-state index contributed by atoms with van der Waals surface area (Å²) in [5, 5.41) is 3.98. The molecule has 8 heteroatoms. The van der Waals surface area contributed by atoms with Crippen molar-refractivity contribution < 1.29 is 14.3 Å². The predicted molar refractivity (Wildman–Crippen MR) is 114 cm³/mol. The number of carbonyl (C=O) groups is 1. The highest BCUT2D eigenvalue weighted by Crippen LogP contribution is 2.30. The topological polar surface area (TPSA) is 82.5 Å². The van der Waals surface area contributed by atoms with Crippen molar-refractivity contribution in [2.24, 2.45) is 0 Å². The monoisotopic (exact) mass is 413 g/mol. The van der Waals surface area contributed by atoms with Gasteiger partial charge in [0, 0.05) is 18.7 Å². The van der Waals surface area contributed by atoms with Gasteiger partial charge in [-0.2, -0.15) is 0 Å². The van der Waals surface area contributed by atoms with Crippen molar-refractivity contribution in [1.29, 1.82) is 0 Å². The molecule has 29 heavy (non-hydrogen) atoms. The van der Waals surface area contributed by atoms with E-state index in [2.05, 4.69) is 10.3 Å². The molecule has 0 bridgehead atoms. The van der Waals surface area contributed by atoms with Crippen LogP contribution in [0.1, 0.15) is 12.5 Å². The zero-order valence-corrected chi connectivity index (χ0v) is 17.4. The van der Waals surface area contributed by atoms with Crippen LogP contribution in [-0.4, -0.2) is 35.4 Å². The van der Waals surface area contributed by atoms with Gasteiger partial charge in [0.15, 0.2) is 16.7 Å². The number of rotatable bonds is 8. The van der Waals surface area contributed by atoms with Gasteiger partial charge < -0.3 is 14.8 Å². The first-order chi connectivity index (χ1) is 14.1. The van der Waals surface area contributed by atoms with Crippen LogP contribution in [0.25, 0.3) is 10.9 Å². The molecule has 3 rings (SSSR count). The van der Waals surface area contributed by atoms with Gasteiger partial charge in [0.25, 0.3) is 5.56 Å². The molecule has 0 unspecified atom stereocenters. The number of nitrogens with zero attached hydrogens (tertiary/aromatic N) is 2. The van der Waals surface area contributed by atoms with Crippen molar-refractivity contribution >= 4 is 28.6 Å². The highest BCUT2D eigenvalue weighted by atomic mass is 32.2. The average molecular weight is 413 g/mol. The average Bonchev–Trinajstić information content (AvgIpc) is 2.75. The number of aromatic nitrogens is 2. The Morgan fingerprint density at radius 2 is 1.93 bits per heavy atom. The Morgan fingerprint density at radius 1 is 1.14 bits per heavy atom. The highest BCUT2D eigenvalue weighted by molar-refractivity contribution is 7.99. The Morgan fingerprint density at radius 3 is 2.66 bits per heavy atom. The van der Waals surface area contributed by atoms with Crippen LogP contribution in [-0.2, 0) is 17.9 Å². The van der Waals surface area contributed by atoms with Crippen molar-refractivity contribution in [1.82, 2.24) is 14.9 Å². The summed E-state index contributed by atoms with van der Waals surface area (Å²) in [4.78, 5) is 29.6. The Bertz CT molecular complexity index is 1080. The molecule has 0 saturated carbocycles. The van der Waals surface area contributed by atoms with Crippen molar-refractivity contribution in [3.63, 3.8) is 0 Å². The molecule has 152 valence electrons. The first kappa shape index (κ1) is 20.7. The van der Waals surface area contributed by atoms with Crippen LogP contribution >= 0.6 is 11.8 Å². The maximum absolute atomic E-state index is 12.6. The number of nitrogens with one attached hydrogen (secondary N) is 1. The molecule has 0 fully saturated rings. The lowest BCUT2D eigenvalue weighted by Gasteiger charge is -2.13. The standard InChI is InChI=1S/C21H23N3O4S/c1-4-24-20(26)15-9-5-6-10-16(15)23-21(24)29-13-18(25)22-12-14-8-7-11-17(27-2)19(14)28-3/h5-11H,4,12-13H2,1-3H3,(H,22,25). The second-order valence-electron chi connectivity index (χ2n) is 6.18. The Balaban J connectivity index is 1.70.